The van der Waals surface area contributed by atoms with Gasteiger partial charge < -0.3 is 14.3 Å². The molecular formula is C19H27N5O2. The average molecular weight is 357 g/mol. The Morgan fingerprint density at radius 1 is 1.35 bits per heavy atom. The maximum atomic E-state index is 12.6. The van der Waals surface area contributed by atoms with Gasteiger partial charge in [-0.25, -0.2) is 9.97 Å². The second-order valence-electron chi connectivity index (χ2n) is 7.71. The van der Waals surface area contributed by atoms with Gasteiger partial charge in [0.05, 0.1) is 23.8 Å². The number of likely N-dealkylation sites (tertiary alicyclic amines) is 1. The molecule has 140 valence electrons. The van der Waals surface area contributed by atoms with Crippen molar-refractivity contribution in [2.75, 3.05) is 20.1 Å². The second-order valence-corrected chi connectivity index (χ2v) is 7.71. The van der Waals surface area contributed by atoms with Crippen LogP contribution in [0.1, 0.15) is 65.5 Å². The van der Waals surface area contributed by atoms with Gasteiger partial charge in [0.15, 0.2) is 5.89 Å². The number of aryl methyl sites for hydroxylation is 2. The van der Waals surface area contributed by atoms with Crippen molar-refractivity contribution in [1.29, 1.82) is 0 Å². The summed E-state index contributed by atoms with van der Waals surface area (Å²) in [6, 6.07) is 0.259. The summed E-state index contributed by atoms with van der Waals surface area (Å²) >= 11 is 0. The number of hydrogen-bond acceptors (Lipinski definition) is 5. The molecule has 1 saturated heterocycles. The highest BCUT2D eigenvalue weighted by atomic mass is 16.4. The van der Waals surface area contributed by atoms with Crippen molar-refractivity contribution in [1.82, 2.24) is 24.8 Å². The molecule has 0 spiro atoms. The van der Waals surface area contributed by atoms with E-state index in [2.05, 4.69) is 31.8 Å². The SMILES string of the molecule is Cc1nc(C2CC2)oc1C(=O)NC[C@@H]1CCCN(C)[C@H]1c1cncn1C. The highest BCUT2D eigenvalue weighted by Gasteiger charge is 2.34. The molecule has 2 fully saturated rings. The van der Waals surface area contributed by atoms with Crippen molar-refractivity contribution in [3.05, 3.63) is 35.6 Å². The van der Waals surface area contributed by atoms with Gasteiger partial charge in [-0.2, -0.15) is 0 Å². The zero-order valence-corrected chi connectivity index (χ0v) is 15.7. The van der Waals surface area contributed by atoms with Gasteiger partial charge in [0, 0.05) is 25.7 Å². The molecule has 1 aliphatic carbocycles. The van der Waals surface area contributed by atoms with Crippen molar-refractivity contribution in [2.45, 2.75) is 44.6 Å². The predicted molar refractivity (Wildman–Crippen MR) is 96.9 cm³/mol. The minimum Gasteiger partial charge on any atom is -0.435 e. The highest BCUT2D eigenvalue weighted by Crippen LogP contribution is 2.40. The maximum Gasteiger partial charge on any atom is 0.289 e. The average Bonchev–Trinajstić information content (AvgIpc) is 3.27. The Morgan fingerprint density at radius 2 is 2.15 bits per heavy atom. The Hall–Kier alpha value is -2.15. The van der Waals surface area contributed by atoms with Crippen molar-refractivity contribution >= 4 is 5.91 Å². The van der Waals surface area contributed by atoms with Crippen LogP contribution in [0.4, 0.5) is 0 Å². The van der Waals surface area contributed by atoms with Crippen LogP contribution in [-0.4, -0.2) is 45.5 Å². The quantitative estimate of drug-likeness (QED) is 0.889. The molecule has 0 radical (unpaired) electrons. The van der Waals surface area contributed by atoms with E-state index in [0.717, 1.165) is 38.1 Å². The summed E-state index contributed by atoms with van der Waals surface area (Å²) in [5, 5.41) is 3.09. The molecule has 2 aromatic heterocycles. The van der Waals surface area contributed by atoms with Crippen molar-refractivity contribution in [3.8, 4) is 0 Å². The Morgan fingerprint density at radius 3 is 2.85 bits per heavy atom. The molecule has 1 aliphatic heterocycles. The highest BCUT2D eigenvalue weighted by molar-refractivity contribution is 5.92. The van der Waals surface area contributed by atoms with Crippen LogP contribution in [0, 0.1) is 12.8 Å². The minimum absolute atomic E-state index is 0.154. The van der Waals surface area contributed by atoms with E-state index < -0.39 is 0 Å². The fourth-order valence-electron chi connectivity index (χ4n) is 4.03. The molecule has 2 atom stereocenters. The summed E-state index contributed by atoms with van der Waals surface area (Å²) in [5.41, 5.74) is 1.88. The van der Waals surface area contributed by atoms with Crippen LogP contribution in [0.15, 0.2) is 16.9 Å². The first kappa shape index (κ1) is 17.3. The summed E-state index contributed by atoms with van der Waals surface area (Å²) < 4.78 is 7.80. The molecule has 0 aromatic carbocycles. The first-order chi connectivity index (χ1) is 12.5. The van der Waals surface area contributed by atoms with Crippen LogP contribution in [0.5, 0.6) is 0 Å². The van der Waals surface area contributed by atoms with Gasteiger partial charge >= 0.3 is 0 Å². The number of imidazole rings is 1. The third kappa shape index (κ3) is 3.28. The number of piperidine rings is 1. The summed E-state index contributed by atoms with van der Waals surface area (Å²) in [6.07, 6.45) is 8.22. The predicted octanol–water partition coefficient (Wildman–Crippen LogP) is 2.41. The van der Waals surface area contributed by atoms with Crippen LogP contribution >= 0.6 is 0 Å². The van der Waals surface area contributed by atoms with E-state index in [0.29, 0.717) is 29.8 Å². The van der Waals surface area contributed by atoms with E-state index >= 15 is 0 Å². The van der Waals surface area contributed by atoms with E-state index in [1.807, 2.05) is 26.5 Å². The monoisotopic (exact) mass is 357 g/mol. The Labute approximate surface area is 153 Å². The molecule has 1 amide bonds. The second kappa shape index (κ2) is 6.87. The smallest absolute Gasteiger partial charge is 0.289 e. The molecule has 1 saturated carbocycles. The van der Waals surface area contributed by atoms with E-state index in [-0.39, 0.29) is 11.9 Å². The zero-order valence-electron chi connectivity index (χ0n) is 15.7. The molecule has 4 rings (SSSR count). The number of carbonyl (C=O) groups is 1. The number of carbonyl (C=O) groups excluding carboxylic acids is 1. The maximum absolute atomic E-state index is 12.6. The number of amides is 1. The van der Waals surface area contributed by atoms with Crippen molar-refractivity contribution < 1.29 is 9.21 Å². The Bertz CT molecular complexity index is 792. The molecule has 2 aromatic rings. The third-order valence-electron chi connectivity index (χ3n) is 5.63. The van der Waals surface area contributed by atoms with Gasteiger partial charge in [-0.3, -0.25) is 9.69 Å². The number of oxazole rings is 1. The molecule has 1 N–H and O–H groups in total. The molecular weight excluding hydrogens is 330 g/mol. The fraction of sp³-hybridized carbons (Fsp3) is 0.632. The number of aromatic nitrogens is 3. The van der Waals surface area contributed by atoms with Crippen molar-refractivity contribution in [2.24, 2.45) is 13.0 Å². The standard InChI is InChI=1S/C19H27N5O2/c1-12-17(26-19(22-12)13-6-7-13)18(25)21-9-14-5-4-8-23(2)16(14)15-10-20-11-24(15)3/h10-11,13-14,16H,4-9H2,1-3H3,(H,21,25)/t14-,16+/m0/s1. The first-order valence-corrected chi connectivity index (χ1v) is 9.46. The van der Waals surface area contributed by atoms with Gasteiger partial charge in [0.2, 0.25) is 5.76 Å². The lowest BCUT2D eigenvalue weighted by Gasteiger charge is -2.39. The van der Waals surface area contributed by atoms with Crippen LogP contribution in [0.25, 0.3) is 0 Å². The van der Waals surface area contributed by atoms with Crippen LogP contribution in [0.2, 0.25) is 0 Å². The number of nitrogens with one attached hydrogen (secondary N) is 1. The summed E-state index contributed by atoms with van der Waals surface area (Å²) in [4.78, 5) is 23.7. The lowest BCUT2D eigenvalue weighted by molar-refractivity contribution is 0.0855. The largest absolute Gasteiger partial charge is 0.435 e. The third-order valence-corrected chi connectivity index (χ3v) is 5.63. The molecule has 7 heteroatoms. The fourth-order valence-corrected chi connectivity index (χ4v) is 4.03. The molecule has 0 bridgehead atoms. The van der Waals surface area contributed by atoms with Crippen LogP contribution in [0.3, 0.4) is 0 Å². The topological polar surface area (TPSA) is 76.2 Å². The normalized spacial score (nSPS) is 24.0. The molecule has 3 heterocycles. The molecule has 7 nitrogen and oxygen atoms in total. The lowest BCUT2D eigenvalue weighted by atomic mass is 9.87. The Kier molecular flexibility index (Phi) is 4.56. The zero-order chi connectivity index (χ0) is 18.3. The van der Waals surface area contributed by atoms with Gasteiger partial charge in [-0.15, -0.1) is 0 Å². The number of nitrogens with zero attached hydrogens (tertiary/aromatic N) is 4. The van der Waals surface area contributed by atoms with Gasteiger partial charge in [-0.05, 0) is 52.1 Å². The van der Waals surface area contributed by atoms with E-state index in [1.165, 1.54) is 5.69 Å². The summed E-state index contributed by atoms with van der Waals surface area (Å²) in [5.74, 6) is 1.69. The Balaban J connectivity index is 1.45. The van der Waals surface area contributed by atoms with Gasteiger partial charge in [-0.1, -0.05) is 0 Å². The molecule has 26 heavy (non-hydrogen) atoms. The van der Waals surface area contributed by atoms with Crippen LogP contribution < -0.4 is 5.32 Å². The van der Waals surface area contributed by atoms with E-state index in [4.69, 9.17) is 4.42 Å². The first-order valence-electron chi connectivity index (χ1n) is 9.46. The summed E-state index contributed by atoms with van der Waals surface area (Å²) in [7, 11) is 4.17. The summed E-state index contributed by atoms with van der Waals surface area (Å²) in [6.45, 7) is 3.53. The van der Waals surface area contributed by atoms with Crippen molar-refractivity contribution in [3.63, 3.8) is 0 Å². The number of hydrogen-bond donors (Lipinski definition) is 1. The van der Waals surface area contributed by atoms with Gasteiger partial charge in [0.25, 0.3) is 5.91 Å². The molecule has 0 unspecified atom stereocenters. The minimum atomic E-state index is -0.154. The molecule has 2 aliphatic rings. The van der Waals surface area contributed by atoms with Crippen LogP contribution in [-0.2, 0) is 7.05 Å². The lowest BCUT2D eigenvalue weighted by Crippen LogP contribution is -2.42. The number of rotatable bonds is 5. The van der Waals surface area contributed by atoms with Gasteiger partial charge in [0.1, 0.15) is 0 Å². The van der Waals surface area contributed by atoms with E-state index in [1.54, 1.807) is 0 Å². The van der Waals surface area contributed by atoms with E-state index in [9.17, 15) is 4.79 Å².